The van der Waals surface area contributed by atoms with Gasteiger partial charge in [0.2, 0.25) is 0 Å². The van der Waals surface area contributed by atoms with Crippen LogP contribution in [0.4, 0.5) is 0 Å². The van der Waals surface area contributed by atoms with E-state index in [0.717, 1.165) is 0 Å². The maximum atomic E-state index is 12.2. The van der Waals surface area contributed by atoms with Crippen LogP contribution in [0.25, 0.3) is 0 Å². The van der Waals surface area contributed by atoms with Crippen LogP contribution in [0.15, 0.2) is 30.3 Å². The smallest absolute Gasteiger partial charge is 0.362 e. The zero-order valence-corrected chi connectivity index (χ0v) is 11.8. The van der Waals surface area contributed by atoms with Crippen molar-refractivity contribution in [2.75, 3.05) is 0 Å². The summed E-state index contributed by atoms with van der Waals surface area (Å²) >= 11 is 0. The van der Waals surface area contributed by atoms with Crippen LogP contribution in [0.3, 0.4) is 0 Å². The average Bonchev–Trinajstić information content (AvgIpc) is 2.44. The summed E-state index contributed by atoms with van der Waals surface area (Å²) in [6.45, 7) is 0. The monoisotopic (exact) mass is 318 g/mol. The summed E-state index contributed by atoms with van der Waals surface area (Å²) in [5.41, 5.74) is 0.511. The number of benzene rings is 1. The molecule has 0 aromatic heterocycles. The highest BCUT2D eigenvalue weighted by Crippen LogP contribution is 2.52. The van der Waals surface area contributed by atoms with Gasteiger partial charge in [-0.05, 0) is 12.0 Å². The number of aliphatic carboxylic acids is 2. The van der Waals surface area contributed by atoms with Crippen molar-refractivity contribution in [2.24, 2.45) is 0 Å². The van der Waals surface area contributed by atoms with Crippen molar-refractivity contribution in [3.8, 4) is 0 Å². The third-order valence-electron chi connectivity index (χ3n) is 2.53. The van der Waals surface area contributed by atoms with Crippen LogP contribution in [-0.4, -0.2) is 33.5 Å². The topological polar surface area (TPSA) is 130 Å². The SMILES string of the molecule is O=C(O)CCC(OP(=O)(Cc1ccccc1)OO)C(=O)O. The van der Waals surface area contributed by atoms with Crippen molar-refractivity contribution in [3.05, 3.63) is 35.9 Å². The van der Waals surface area contributed by atoms with Crippen LogP contribution in [0.5, 0.6) is 0 Å². The first kappa shape index (κ1) is 17.3. The van der Waals surface area contributed by atoms with Gasteiger partial charge in [0.15, 0.2) is 6.10 Å². The van der Waals surface area contributed by atoms with Crippen molar-refractivity contribution < 1.29 is 38.8 Å². The average molecular weight is 318 g/mol. The Morgan fingerprint density at radius 3 is 2.29 bits per heavy atom. The Morgan fingerprint density at radius 1 is 1.19 bits per heavy atom. The quantitative estimate of drug-likeness (QED) is 0.359. The minimum Gasteiger partial charge on any atom is -0.481 e. The van der Waals surface area contributed by atoms with Gasteiger partial charge in [-0.25, -0.2) is 10.1 Å². The van der Waals surface area contributed by atoms with E-state index in [4.69, 9.17) is 20.0 Å². The molecule has 0 aliphatic heterocycles. The molecule has 8 nitrogen and oxygen atoms in total. The number of rotatable bonds is 9. The van der Waals surface area contributed by atoms with E-state index in [1.165, 1.54) is 0 Å². The van der Waals surface area contributed by atoms with Gasteiger partial charge in [0.25, 0.3) is 0 Å². The van der Waals surface area contributed by atoms with Gasteiger partial charge in [-0.1, -0.05) is 30.3 Å². The van der Waals surface area contributed by atoms with E-state index in [9.17, 15) is 14.2 Å². The lowest BCUT2D eigenvalue weighted by Crippen LogP contribution is -2.24. The first-order valence-electron chi connectivity index (χ1n) is 5.95. The Balaban J connectivity index is 2.79. The van der Waals surface area contributed by atoms with E-state index in [1.807, 2.05) is 0 Å². The van der Waals surface area contributed by atoms with E-state index in [2.05, 4.69) is 4.67 Å². The summed E-state index contributed by atoms with van der Waals surface area (Å²) in [6.07, 6.45) is -2.86. The highest BCUT2D eigenvalue weighted by molar-refractivity contribution is 7.52. The van der Waals surface area contributed by atoms with Gasteiger partial charge in [-0.3, -0.25) is 13.9 Å². The standard InChI is InChI=1S/C12H15O8P/c13-11(14)7-6-10(12(15)16)19-21(18,20-17)8-9-4-2-1-3-5-9/h1-5,10,17H,6-8H2,(H,13,14)(H,15,16). The lowest BCUT2D eigenvalue weighted by molar-refractivity contribution is -0.161. The first-order chi connectivity index (χ1) is 9.86. The Bertz CT molecular complexity index is 529. The molecule has 0 bridgehead atoms. The molecule has 0 spiro atoms. The molecule has 1 aromatic carbocycles. The van der Waals surface area contributed by atoms with Crippen LogP contribution in [0, 0.1) is 0 Å². The molecule has 0 saturated carbocycles. The van der Waals surface area contributed by atoms with E-state index in [1.54, 1.807) is 30.3 Å². The Morgan fingerprint density at radius 2 is 1.81 bits per heavy atom. The number of carboxylic acids is 2. The molecule has 1 aromatic rings. The van der Waals surface area contributed by atoms with Crippen LogP contribution in [0.1, 0.15) is 18.4 Å². The summed E-state index contributed by atoms with van der Waals surface area (Å²) in [5, 5.41) is 26.2. The molecule has 21 heavy (non-hydrogen) atoms. The van der Waals surface area contributed by atoms with Crippen LogP contribution >= 0.6 is 7.60 Å². The molecule has 3 N–H and O–H groups in total. The minimum atomic E-state index is -4.11. The van der Waals surface area contributed by atoms with Crippen molar-refractivity contribution in [2.45, 2.75) is 25.1 Å². The highest BCUT2D eigenvalue weighted by Gasteiger charge is 2.33. The Labute approximate surface area is 120 Å². The zero-order chi connectivity index (χ0) is 15.9. The Hall–Kier alpha value is -1.73. The molecule has 0 aliphatic carbocycles. The third kappa shape index (κ3) is 6.05. The molecule has 0 amide bonds. The van der Waals surface area contributed by atoms with Gasteiger partial charge in [0.05, 0.1) is 6.16 Å². The fraction of sp³-hybridized carbons (Fsp3) is 0.333. The molecule has 116 valence electrons. The molecule has 0 fully saturated rings. The zero-order valence-electron chi connectivity index (χ0n) is 10.9. The van der Waals surface area contributed by atoms with Crippen LogP contribution in [-0.2, 0) is 29.5 Å². The maximum Gasteiger partial charge on any atom is 0.362 e. The predicted molar refractivity (Wildman–Crippen MR) is 70.8 cm³/mol. The van der Waals surface area contributed by atoms with Gasteiger partial charge in [-0.2, -0.15) is 4.67 Å². The van der Waals surface area contributed by atoms with Crippen LogP contribution < -0.4 is 0 Å². The van der Waals surface area contributed by atoms with E-state index >= 15 is 0 Å². The van der Waals surface area contributed by atoms with E-state index < -0.39 is 38.5 Å². The van der Waals surface area contributed by atoms with Crippen molar-refractivity contribution in [1.29, 1.82) is 0 Å². The number of carboxylic acid groups (broad SMARTS) is 2. The van der Waals surface area contributed by atoms with Crippen molar-refractivity contribution in [1.82, 2.24) is 0 Å². The second-order valence-corrected chi connectivity index (χ2v) is 6.11. The minimum absolute atomic E-state index is 0.332. The van der Waals surface area contributed by atoms with Crippen molar-refractivity contribution >= 4 is 19.5 Å². The molecule has 0 saturated heterocycles. The second-order valence-electron chi connectivity index (χ2n) is 4.20. The molecule has 2 unspecified atom stereocenters. The molecule has 2 atom stereocenters. The molecular weight excluding hydrogens is 303 g/mol. The summed E-state index contributed by atoms with van der Waals surface area (Å²) in [7, 11) is -4.11. The molecule has 0 aliphatic rings. The van der Waals surface area contributed by atoms with Gasteiger partial charge in [0.1, 0.15) is 0 Å². The first-order valence-corrected chi connectivity index (χ1v) is 7.68. The molecule has 0 heterocycles. The van der Waals surface area contributed by atoms with E-state index in [-0.39, 0.29) is 6.16 Å². The van der Waals surface area contributed by atoms with Gasteiger partial charge in [0, 0.05) is 6.42 Å². The number of hydrogen-bond acceptors (Lipinski definition) is 6. The molecule has 1 rings (SSSR count). The third-order valence-corrected chi connectivity index (χ3v) is 4.10. The van der Waals surface area contributed by atoms with Gasteiger partial charge < -0.3 is 10.2 Å². The number of carbonyl (C=O) groups is 2. The fourth-order valence-electron chi connectivity index (χ4n) is 1.56. The van der Waals surface area contributed by atoms with Crippen LogP contribution in [0.2, 0.25) is 0 Å². The Kier molecular flexibility index (Phi) is 6.51. The lowest BCUT2D eigenvalue weighted by atomic mass is 10.2. The van der Waals surface area contributed by atoms with Crippen molar-refractivity contribution in [3.63, 3.8) is 0 Å². The predicted octanol–water partition coefficient (Wildman–Crippen LogP) is 2.20. The fourth-order valence-corrected chi connectivity index (χ4v) is 2.97. The van der Waals surface area contributed by atoms with Gasteiger partial charge in [-0.15, -0.1) is 0 Å². The van der Waals surface area contributed by atoms with Gasteiger partial charge >= 0.3 is 19.5 Å². The molecular formula is C12H15O8P. The highest BCUT2D eigenvalue weighted by atomic mass is 31.2. The molecule has 9 heteroatoms. The summed E-state index contributed by atoms with van der Waals surface area (Å²) in [4.78, 5) is 21.4. The summed E-state index contributed by atoms with van der Waals surface area (Å²) in [6, 6.07) is 8.25. The summed E-state index contributed by atoms with van der Waals surface area (Å²) in [5.74, 6) is -2.70. The molecule has 0 radical (unpaired) electrons. The van der Waals surface area contributed by atoms with E-state index in [0.29, 0.717) is 5.56 Å². The normalized spacial score (nSPS) is 15.1. The lowest BCUT2D eigenvalue weighted by Gasteiger charge is -2.19. The summed E-state index contributed by atoms with van der Waals surface area (Å²) < 4.78 is 20.9. The maximum absolute atomic E-state index is 12.2. The largest absolute Gasteiger partial charge is 0.481 e. The second kappa shape index (κ2) is 7.90. The number of hydrogen-bond donors (Lipinski definition) is 3.